The van der Waals surface area contributed by atoms with Gasteiger partial charge in [-0.05, 0) is 30.3 Å². The van der Waals surface area contributed by atoms with Gasteiger partial charge in [0, 0.05) is 5.02 Å². The van der Waals surface area contributed by atoms with E-state index in [1.165, 1.54) is 4.90 Å². The Labute approximate surface area is 164 Å². The van der Waals surface area contributed by atoms with Crippen LogP contribution in [0.15, 0.2) is 42.5 Å². The van der Waals surface area contributed by atoms with Crippen molar-refractivity contribution in [1.82, 2.24) is 0 Å². The molecule has 6 nitrogen and oxygen atoms in total. The predicted molar refractivity (Wildman–Crippen MR) is 107 cm³/mol. The lowest BCUT2D eigenvalue weighted by Gasteiger charge is -2.33. The third kappa shape index (κ3) is 5.05. The van der Waals surface area contributed by atoms with Crippen molar-refractivity contribution in [3.05, 3.63) is 47.5 Å². The average Bonchev–Trinajstić information content (AvgIpc) is 2.67. The van der Waals surface area contributed by atoms with Crippen LogP contribution in [0.1, 0.15) is 0 Å². The Balaban J connectivity index is 1.67. The number of methoxy groups -OCH3 is 1. The Kier molecular flexibility index (Phi) is 6.42. The van der Waals surface area contributed by atoms with Crippen LogP contribution < -0.4 is 24.6 Å². The van der Waals surface area contributed by atoms with Crippen LogP contribution in [-0.2, 0) is 4.79 Å². The summed E-state index contributed by atoms with van der Waals surface area (Å²) in [5.41, 5.74) is 1.69. The highest BCUT2D eigenvalue weighted by molar-refractivity contribution is 6.31. The number of likely N-dealkylation sites (N-methyl/N-ethyl adjacent to an activating group) is 1. The van der Waals surface area contributed by atoms with Crippen LogP contribution in [0.2, 0.25) is 5.02 Å². The highest BCUT2D eigenvalue weighted by atomic mass is 35.5. The van der Waals surface area contributed by atoms with Crippen LogP contribution in [0.3, 0.4) is 0 Å². The number of anilines is 2. The van der Waals surface area contributed by atoms with Gasteiger partial charge >= 0.3 is 0 Å². The van der Waals surface area contributed by atoms with E-state index in [2.05, 4.69) is 17.3 Å². The van der Waals surface area contributed by atoms with E-state index in [1.807, 2.05) is 24.3 Å². The molecule has 1 saturated heterocycles. The molecule has 0 bridgehead atoms. The molecule has 144 valence electrons. The Bertz CT molecular complexity index is 792. The van der Waals surface area contributed by atoms with Crippen molar-refractivity contribution in [2.24, 2.45) is 0 Å². The van der Waals surface area contributed by atoms with Crippen molar-refractivity contribution in [2.75, 3.05) is 57.2 Å². The molecule has 2 aromatic carbocycles. The highest BCUT2D eigenvalue weighted by Crippen LogP contribution is 2.30. The molecule has 0 aromatic heterocycles. The van der Waals surface area contributed by atoms with Gasteiger partial charge in [-0.3, -0.25) is 4.79 Å². The third-order valence-corrected chi connectivity index (χ3v) is 4.85. The molecule has 1 aliphatic heterocycles. The summed E-state index contributed by atoms with van der Waals surface area (Å²) >= 11 is 6.15. The Hall–Kier alpha value is -2.44. The molecule has 1 amide bonds. The first-order valence-electron chi connectivity index (χ1n) is 8.98. The fourth-order valence-corrected chi connectivity index (χ4v) is 3.25. The van der Waals surface area contributed by atoms with Gasteiger partial charge in [-0.1, -0.05) is 23.7 Å². The molecule has 1 heterocycles. The number of hydrogen-bond acceptors (Lipinski definition) is 4. The third-order valence-electron chi connectivity index (χ3n) is 4.62. The number of benzene rings is 2. The van der Waals surface area contributed by atoms with E-state index in [-0.39, 0.29) is 12.5 Å². The van der Waals surface area contributed by atoms with Crippen LogP contribution in [-0.4, -0.2) is 52.9 Å². The first-order chi connectivity index (χ1) is 13.1. The van der Waals surface area contributed by atoms with Crippen molar-refractivity contribution >= 4 is 28.9 Å². The van der Waals surface area contributed by atoms with Crippen molar-refractivity contribution in [1.29, 1.82) is 0 Å². The number of halogens is 1. The zero-order chi connectivity index (χ0) is 19.2. The summed E-state index contributed by atoms with van der Waals surface area (Å²) in [5, 5.41) is 3.51. The number of hydrogen-bond donors (Lipinski definition) is 2. The maximum absolute atomic E-state index is 12.4. The molecule has 3 rings (SSSR count). The molecule has 1 aliphatic rings. The summed E-state index contributed by atoms with van der Waals surface area (Å²) in [6, 6.07) is 12.8. The average molecular weight is 391 g/mol. The topological polar surface area (TPSA) is 55.2 Å². The number of nitrogens with one attached hydrogen (secondary N) is 2. The standard InChI is InChI=1S/C20H24ClN3O3/c1-23-9-11-24(12-10-23)17-8-7-15(21)13-16(17)22-20(25)14-27-19-6-4-3-5-18(19)26-2/h3-8,13H,9-12,14H2,1-2H3,(H,22,25)/p+1. The van der Waals surface area contributed by atoms with Gasteiger partial charge in [0.05, 0.1) is 51.7 Å². The molecule has 0 saturated carbocycles. The quantitative estimate of drug-likeness (QED) is 0.788. The smallest absolute Gasteiger partial charge is 0.262 e. The predicted octanol–water partition coefficient (Wildman–Crippen LogP) is 1.70. The number of quaternary nitrogens is 1. The molecule has 0 aliphatic carbocycles. The van der Waals surface area contributed by atoms with E-state index in [4.69, 9.17) is 21.1 Å². The summed E-state index contributed by atoms with van der Waals surface area (Å²) in [7, 11) is 3.76. The summed E-state index contributed by atoms with van der Waals surface area (Å²) in [6.45, 7) is 3.89. The number of ether oxygens (including phenoxy) is 2. The minimum atomic E-state index is -0.246. The zero-order valence-electron chi connectivity index (χ0n) is 15.6. The molecule has 0 unspecified atom stereocenters. The maximum Gasteiger partial charge on any atom is 0.262 e. The molecule has 0 spiro atoms. The molecule has 2 aromatic rings. The van der Waals surface area contributed by atoms with Crippen molar-refractivity contribution in [2.45, 2.75) is 0 Å². The first-order valence-corrected chi connectivity index (χ1v) is 9.36. The second-order valence-corrected chi connectivity index (χ2v) is 7.03. The number of rotatable bonds is 6. The molecule has 27 heavy (non-hydrogen) atoms. The van der Waals surface area contributed by atoms with Crippen molar-refractivity contribution in [3.8, 4) is 11.5 Å². The maximum atomic E-state index is 12.4. The van der Waals surface area contributed by atoms with Gasteiger partial charge in [0.2, 0.25) is 0 Å². The molecule has 7 heteroatoms. The number of carbonyl (C=O) groups excluding carboxylic acids is 1. The molecular weight excluding hydrogens is 366 g/mol. The number of nitrogens with zero attached hydrogens (tertiary/aromatic N) is 1. The number of carbonyl (C=O) groups is 1. The lowest BCUT2D eigenvalue weighted by molar-refractivity contribution is -0.880. The monoisotopic (exact) mass is 390 g/mol. The molecule has 0 atom stereocenters. The van der Waals surface area contributed by atoms with Gasteiger partial charge in [-0.2, -0.15) is 0 Å². The van der Waals surface area contributed by atoms with Gasteiger partial charge in [0.25, 0.3) is 5.91 Å². The van der Waals surface area contributed by atoms with Crippen LogP contribution in [0.25, 0.3) is 0 Å². The number of piperazine rings is 1. The summed E-state index contributed by atoms with van der Waals surface area (Å²) in [5.74, 6) is 0.876. The first kappa shape index (κ1) is 19.3. The molecule has 0 radical (unpaired) electrons. The fourth-order valence-electron chi connectivity index (χ4n) is 3.08. The summed E-state index contributed by atoms with van der Waals surface area (Å²) in [6.07, 6.45) is 0. The summed E-state index contributed by atoms with van der Waals surface area (Å²) in [4.78, 5) is 16.2. The van der Waals surface area contributed by atoms with Gasteiger partial charge in [-0.25, -0.2) is 0 Å². The normalized spacial score (nSPS) is 14.7. The molecule has 2 N–H and O–H groups in total. The van der Waals surface area contributed by atoms with E-state index < -0.39 is 0 Å². The van der Waals surface area contributed by atoms with E-state index in [1.54, 1.807) is 25.3 Å². The second kappa shape index (κ2) is 8.97. The van der Waals surface area contributed by atoms with Crippen molar-refractivity contribution in [3.63, 3.8) is 0 Å². The SMILES string of the molecule is COc1ccccc1OCC(=O)Nc1cc(Cl)ccc1N1CC[NH+](C)CC1. The van der Waals surface area contributed by atoms with Crippen LogP contribution >= 0.6 is 11.6 Å². The highest BCUT2D eigenvalue weighted by Gasteiger charge is 2.20. The summed E-state index contributed by atoms with van der Waals surface area (Å²) < 4.78 is 10.8. The van der Waals surface area contributed by atoms with Gasteiger partial charge < -0.3 is 24.6 Å². The van der Waals surface area contributed by atoms with Crippen LogP contribution in [0.4, 0.5) is 11.4 Å². The number of amides is 1. The lowest BCUT2D eigenvalue weighted by Crippen LogP contribution is -3.12. The molecule has 1 fully saturated rings. The van der Waals surface area contributed by atoms with E-state index in [9.17, 15) is 4.79 Å². The Morgan fingerprint density at radius 2 is 1.89 bits per heavy atom. The van der Waals surface area contributed by atoms with E-state index >= 15 is 0 Å². The Morgan fingerprint density at radius 3 is 2.59 bits per heavy atom. The van der Waals surface area contributed by atoms with Crippen LogP contribution in [0, 0.1) is 0 Å². The number of para-hydroxylation sites is 2. The van der Waals surface area contributed by atoms with Gasteiger partial charge in [-0.15, -0.1) is 0 Å². The van der Waals surface area contributed by atoms with Gasteiger partial charge in [0.1, 0.15) is 0 Å². The Morgan fingerprint density at radius 1 is 1.19 bits per heavy atom. The van der Waals surface area contributed by atoms with Crippen LogP contribution in [0.5, 0.6) is 11.5 Å². The van der Waals surface area contributed by atoms with E-state index in [0.29, 0.717) is 22.2 Å². The largest absolute Gasteiger partial charge is 0.493 e. The van der Waals surface area contributed by atoms with E-state index in [0.717, 1.165) is 31.9 Å². The molecular formula is C20H25ClN3O3+. The second-order valence-electron chi connectivity index (χ2n) is 6.59. The van der Waals surface area contributed by atoms with Gasteiger partial charge in [0.15, 0.2) is 18.1 Å². The fraction of sp³-hybridized carbons (Fsp3) is 0.350. The van der Waals surface area contributed by atoms with Crippen molar-refractivity contribution < 1.29 is 19.2 Å². The minimum Gasteiger partial charge on any atom is -0.493 e. The minimum absolute atomic E-state index is 0.112. The zero-order valence-corrected chi connectivity index (χ0v) is 16.4. The lowest BCUT2D eigenvalue weighted by atomic mass is 10.2.